The number of fused-ring (bicyclic) bond motifs is 1. The summed E-state index contributed by atoms with van der Waals surface area (Å²) in [7, 11) is 1.46. The number of carbonyl (C=O) groups is 1. The molecule has 0 radical (unpaired) electrons. The predicted molar refractivity (Wildman–Crippen MR) is 141 cm³/mol. The van der Waals surface area contributed by atoms with Gasteiger partial charge in [-0.3, -0.25) is 14.5 Å². The number of nitrogens with two attached hydrogens (primary N) is 1. The first-order valence-corrected chi connectivity index (χ1v) is 11.4. The van der Waals surface area contributed by atoms with Gasteiger partial charge in [0.1, 0.15) is 17.2 Å². The van der Waals surface area contributed by atoms with E-state index in [1.807, 2.05) is 24.7 Å². The Balaban J connectivity index is 1.52. The first kappa shape index (κ1) is 24.2. The van der Waals surface area contributed by atoms with E-state index in [4.69, 9.17) is 39.0 Å². The van der Waals surface area contributed by atoms with Crippen molar-refractivity contribution in [2.24, 2.45) is 5.73 Å². The third-order valence-electron chi connectivity index (χ3n) is 5.09. The van der Waals surface area contributed by atoms with Crippen LogP contribution in [0.1, 0.15) is 30.2 Å². The molecule has 0 aliphatic carbocycles. The molecule has 35 heavy (non-hydrogen) atoms. The maximum Gasteiger partial charge on any atom is 0.252 e. The van der Waals surface area contributed by atoms with Gasteiger partial charge < -0.3 is 25.8 Å². The van der Waals surface area contributed by atoms with Gasteiger partial charge in [0, 0.05) is 36.0 Å². The second-order valence-electron chi connectivity index (χ2n) is 7.87. The summed E-state index contributed by atoms with van der Waals surface area (Å²) in [6.07, 6.45) is 5.17. The van der Waals surface area contributed by atoms with Gasteiger partial charge in [-0.25, -0.2) is 0 Å². The van der Waals surface area contributed by atoms with Crippen molar-refractivity contribution in [3.8, 4) is 17.2 Å². The zero-order chi connectivity index (χ0) is 25.1. The first-order valence-electron chi connectivity index (χ1n) is 10.6. The summed E-state index contributed by atoms with van der Waals surface area (Å²) in [6.45, 7) is 4.08. The monoisotopic (exact) mass is 510 g/mol. The van der Waals surface area contributed by atoms with E-state index in [1.54, 1.807) is 48.8 Å². The van der Waals surface area contributed by atoms with E-state index < -0.39 is 5.91 Å². The van der Waals surface area contributed by atoms with E-state index in [-0.39, 0.29) is 11.6 Å². The van der Waals surface area contributed by atoms with E-state index in [9.17, 15) is 4.79 Å². The molecule has 2 aromatic heterocycles. The van der Waals surface area contributed by atoms with Gasteiger partial charge in [-0.2, -0.15) is 5.10 Å². The lowest BCUT2D eigenvalue weighted by atomic mass is 10.1. The lowest BCUT2D eigenvalue weighted by molar-refractivity contribution is 0.0997. The molecular weight excluding hydrogens is 488 g/mol. The standard InChI is InChI=1S/C24H23ClN6O3S/c1-13(2)31-12-14(11-28-31)29-24(35)30-19-5-4-15(8-18(19)25)34-21-6-7-27-20-10-22(33-3)17(23(26)32)9-16(20)21/h4-13H,1-3H3,(H2,26,32)(H2,29,30,35). The van der Waals surface area contributed by atoms with Crippen LogP contribution in [-0.4, -0.2) is 32.9 Å². The number of amides is 1. The maximum atomic E-state index is 11.8. The number of halogens is 1. The Morgan fingerprint density at radius 3 is 2.63 bits per heavy atom. The molecule has 0 spiro atoms. The minimum atomic E-state index is -0.613. The van der Waals surface area contributed by atoms with Crippen LogP contribution in [0.5, 0.6) is 17.2 Å². The molecule has 4 aromatic rings. The molecular formula is C24H23ClN6O3S. The van der Waals surface area contributed by atoms with Crippen molar-refractivity contribution in [2.75, 3.05) is 17.7 Å². The van der Waals surface area contributed by atoms with Crippen LogP contribution in [0.25, 0.3) is 10.9 Å². The number of primary amides is 1. The number of anilines is 2. The fourth-order valence-corrected chi connectivity index (χ4v) is 3.80. The van der Waals surface area contributed by atoms with Crippen molar-refractivity contribution in [3.05, 3.63) is 65.6 Å². The van der Waals surface area contributed by atoms with Crippen molar-refractivity contribution < 1.29 is 14.3 Å². The van der Waals surface area contributed by atoms with Crippen LogP contribution in [0.3, 0.4) is 0 Å². The highest BCUT2D eigenvalue weighted by atomic mass is 35.5. The van der Waals surface area contributed by atoms with Crippen LogP contribution in [0, 0.1) is 0 Å². The zero-order valence-electron chi connectivity index (χ0n) is 19.2. The highest BCUT2D eigenvalue weighted by Gasteiger charge is 2.15. The minimum Gasteiger partial charge on any atom is -0.496 e. The quantitative estimate of drug-likeness (QED) is 0.284. The van der Waals surface area contributed by atoms with Crippen LogP contribution < -0.4 is 25.8 Å². The Kier molecular flexibility index (Phi) is 7.04. The van der Waals surface area contributed by atoms with Gasteiger partial charge in [0.25, 0.3) is 5.91 Å². The number of thiocarbonyl (C=S) groups is 1. The molecule has 9 nitrogen and oxygen atoms in total. The smallest absolute Gasteiger partial charge is 0.252 e. The summed E-state index contributed by atoms with van der Waals surface area (Å²) in [4.78, 5) is 16.2. The summed E-state index contributed by atoms with van der Waals surface area (Å²) in [5.41, 5.74) is 7.69. The molecule has 0 aliphatic heterocycles. The van der Waals surface area contributed by atoms with Crippen molar-refractivity contribution in [3.63, 3.8) is 0 Å². The Morgan fingerprint density at radius 1 is 1.17 bits per heavy atom. The third-order valence-corrected chi connectivity index (χ3v) is 5.61. The average Bonchev–Trinajstić information content (AvgIpc) is 3.29. The molecule has 1 amide bonds. The summed E-state index contributed by atoms with van der Waals surface area (Å²) in [5, 5.41) is 11.8. The van der Waals surface area contributed by atoms with E-state index in [0.29, 0.717) is 44.0 Å². The van der Waals surface area contributed by atoms with Crippen molar-refractivity contribution in [1.82, 2.24) is 14.8 Å². The molecule has 0 aliphatic rings. The molecule has 4 rings (SSSR count). The van der Waals surface area contributed by atoms with Crippen molar-refractivity contribution >= 4 is 57.1 Å². The first-order chi connectivity index (χ1) is 16.7. The van der Waals surface area contributed by atoms with Gasteiger partial charge in [0.05, 0.1) is 40.8 Å². The summed E-state index contributed by atoms with van der Waals surface area (Å²) in [6, 6.07) is 10.3. The van der Waals surface area contributed by atoms with Crippen molar-refractivity contribution in [1.29, 1.82) is 0 Å². The number of pyridine rings is 1. The second-order valence-corrected chi connectivity index (χ2v) is 8.68. The summed E-state index contributed by atoms with van der Waals surface area (Å²) in [5.74, 6) is 0.699. The van der Waals surface area contributed by atoms with Crippen molar-refractivity contribution in [2.45, 2.75) is 19.9 Å². The molecule has 0 saturated carbocycles. The number of nitrogens with one attached hydrogen (secondary N) is 2. The lowest BCUT2D eigenvalue weighted by Gasteiger charge is -2.14. The third kappa shape index (κ3) is 5.44. The van der Waals surface area contributed by atoms with Crippen LogP contribution in [0.2, 0.25) is 5.02 Å². The highest BCUT2D eigenvalue weighted by molar-refractivity contribution is 7.80. The Bertz CT molecular complexity index is 1420. The molecule has 11 heteroatoms. The van der Waals surface area contributed by atoms with Crippen LogP contribution in [0.15, 0.2) is 55.0 Å². The van der Waals surface area contributed by atoms with Gasteiger partial charge in [0.15, 0.2) is 5.11 Å². The number of hydrogen-bond donors (Lipinski definition) is 3. The molecule has 4 N–H and O–H groups in total. The predicted octanol–water partition coefficient (Wildman–Crippen LogP) is 5.37. The van der Waals surface area contributed by atoms with E-state index in [0.717, 1.165) is 5.69 Å². The molecule has 180 valence electrons. The Hall–Kier alpha value is -3.89. The summed E-state index contributed by atoms with van der Waals surface area (Å²) >= 11 is 11.9. The number of rotatable bonds is 7. The highest BCUT2D eigenvalue weighted by Crippen LogP contribution is 2.35. The number of hydrogen-bond acceptors (Lipinski definition) is 6. The average molecular weight is 511 g/mol. The second kappa shape index (κ2) is 10.2. The lowest BCUT2D eigenvalue weighted by Crippen LogP contribution is -2.19. The number of aromatic nitrogens is 3. The van der Waals surface area contributed by atoms with Crippen LogP contribution in [-0.2, 0) is 0 Å². The summed E-state index contributed by atoms with van der Waals surface area (Å²) < 4.78 is 13.1. The Morgan fingerprint density at radius 2 is 1.97 bits per heavy atom. The van der Waals surface area contributed by atoms with Crippen LogP contribution >= 0.6 is 23.8 Å². The minimum absolute atomic E-state index is 0.232. The SMILES string of the molecule is COc1cc2nccc(Oc3ccc(NC(=S)Nc4cnn(C(C)C)c4)c(Cl)c3)c2cc1C(N)=O. The largest absolute Gasteiger partial charge is 0.496 e. The maximum absolute atomic E-state index is 11.8. The topological polar surface area (TPSA) is 116 Å². The number of benzene rings is 2. The Labute approximate surface area is 212 Å². The van der Waals surface area contributed by atoms with Gasteiger partial charge in [-0.05, 0) is 50.3 Å². The van der Waals surface area contributed by atoms with Gasteiger partial charge in [-0.15, -0.1) is 0 Å². The fraction of sp³-hybridized carbons (Fsp3) is 0.167. The molecule has 0 fully saturated rings. The van der Waals surface area contributed by atoms with Gasteiger partial charge in [-0.1, -0.05) is 11.6 Å². The van der Waals surface area contributed by atoms with Gasteiger partial charge >= 0.3 is 0 Å². The fourth-order valence-electron chi connectivity index (χ4n) is 3.36. The zero-order valence-corrected chi connectivity index (χ0v) is 20.8. The molecule has 0 unspecified atom stereocenters. The number of methoxy groups -OCH3 is 1. The normalized spacial score (nSPS) is 10.9. The molecule has 2 heterocycles. The van der Waals surface area contributed by atoms with E-state index in [2.05, 4.69) is 20.7 Å². The van der Waals surface area contributed by atoms with Crippen LogP contribution in [0.4, 0.5) is 11.4 Å². The van der Waals surface area contributed by atoms with E-state index in [1.165, 1.54) is 7.11 Å². The van der Waals surface area contributed by atoms with Gasteiger partial charge in [0.2, 0.25) is 0 Å². The van der Waals surface area contributed by atoms with E-state index >= 15 is 0 Å². The number of carbonyl (C=O) groups excluding carboxylic acids is 1. The molecule has 0 bridgehead atoms. The molecule has 0 atom stereocenters. The molecule has 0 saturated heterocycles. The number of nitrogens with zero attached hydrogens (tertiary/aromatic N) is 3. The molecule has 2 aromatic carbocycles. The number of ether oxygens (including phenoxy) is 2.